The fourth-order valence-electron chi connectivity index (χ4n) is 5.21. The SMILES string of the molecule is O=C(/C=C/c1cnc2c(c1)CCCN2)N1CC2CC(c3ccccc3)CC2C1. The van der Waals surface area contributed by atoms with E-state index in [1.54, 1.807) is 6.08 Å². The van der Waals surface area contributed by atoms with E-state index in [1.165, 1.54) is 24.0 Å². The Morgan fingerprint density at radius 1 is 1.14 bits per heavy atom. The maximum atomic E-state index is 12.7. The van der Waals surface area contributed by atoms with Crippen LogP contribution in [0.2, 0.25) is 0 Å². The van der Waals surface area contributed by atoms with Crippen LogP contribution in [0.5, 0.6) is 0 Å². The Bertz CT molecular complexity index is 878. The van der Waals surface area contributed by atoms with Gasteiger partial charge in [-0.3, -0.25) is 4.79 Å². The molecular weight excluding hydrogens is 346 g/mol. The molecule has 2 fully saturated rings. The summed E-state index contributed by atoms with van der Waals surface area (Å²) in [6.07, 6.45) is 10.1. The Hall–Kier alpha value is -2.62. The molecule has 1 aromatic carbocycles. The van der Waals surface area contributed by atoms with Crippen molar-refractivity contribution >= 4 is 17.8 Å². The van der Waals surface area contributed by atoms with Crippen LogP contribution in [0.4, 0.5) is 5.82 Å². The lowest BCUT2D eigenvalue weighted by Crippen LogP contribution is -2.28. The second kappa shape index (κ2) is 7.42. The molecule has 3 aliphatic rings. The lowest BCUT2D eigenvalue weighted by Gasteiger charge is -2.18. The van der Waals surface area contributed by atoms with E-state index in [9.17, 15) is 4.79 Å². The second-order valence-electron chi connectivity index (χ2n) is 8.48. The van der Waals surface area contributed by atoms with Gasteiger partial charge in [0, 0.05) is 31.9 Å². The maximum Gasteiger partial charge on any atom is 0.246 e. The highest BCUT2D eigenvalue weighted by molar-refractivity contribution is 5.92. The van der Waals surface area contributed by atoms with Crippen LogP contribution in [0.25, 0.3) is 6.08 Å². The summed E-state index contributed by atoms with van der Waals surface area (Å²) < 4.78 is 0. The average Bonchev–Trinajstić information content (AvgIpc) is 3.32. The first-order valence-electron chi connectivity index (χ1n) is 10.5. The molecule has 0 radical (unpaired) electrons. The number of benzene rings is 1. The number of rotatable bonds is 3. The average molecular weight is 374 g/mol. The van der Waals surface area contributed by atoms with E-state index in [2.05, 4.69) is 46.7 Å². The molecule has 2 unspecified atom stereocenters. The number of aromatic nitrogens is 1. The minimum Gasteiger partial charge on any atom is -0.370 e. The number of hydrogen-bond acceptors (Lipinski definition) is 3. The summed E-state index contributed by atoms with van der Waals surface area (Å²) in [4.78, 5) is 19.2. The Morgan fingerprint density at radius 2 is 1.93 bits per heavy atom. The summed E-state index contributed by atoms with van der Waals surface area (Å²) >= 11 is 0. The standard InChI is InChI=1S/C24H27N3O/c28-23(9-8-17-11-19-7-4-10-25-24(19)26-14-17)27-15-21-12-20(13-22(21)16-27)18-5-2-1-3-6-18/h1-3,5-6,8-9,11,14,20-22H,4,7,10,12-13,15-16H2,(H,25,26)/b9-8+. The van der Waals surface area contributed by atoms with Crippen molar-refractivity contribution in [1.82, 2.24) is 9.88 Å². The number of pyridine rings is 1. The van der Waals surface area contributed by atoms with Gasteiger partial charge in [-0.1, -0.05) is 30.3 Å². The fourth-order valence-corrected chi connectivity index (χ4v) is 5.21. The van der Waals surface area contributed by atoms with Crippen molar-refractivity contribution in [2.45, 2.75) is 31.6 Å². The Labute approximate surface area is 166 Å². The van der Waals surface area contributed by atoms with Gasteiger partial charge in [-0.15, -0.1) is 0 Å². The van der Waals surface area contributed by atoms with Gasteiger partial charge in [0.1, 0.15) is 5.82 Å². The van der Waals surface area contributed by atoms with Gasteiger partial charge in [-0.25, -0.2) is 4.98 Å². The number of hydrogen-bond donors (Lipinski definition) is 1. The molecule has 0 bridgehead atoms. The van der Waals surface area contributed by atoms with Crippen LogP contribution >= 0.6 is 0 Å². The molecular formula is C24H27N3O. The fraction of sp³-hybridized carbons (Fsp3) is 0.417. The van der Waals surface area contributed by atoms with Crippen molar-refractivity contribution in [3.8, 4) is 0 Å². The van der Waals surface area contributed by atoms with Crippen LogP contribution < -0.4 is 5.32 Å². The molecule has 0 spiro atoms. The Balaban J connectivity index is 1.20. The third-order valence-electron chi connectivity index (χ3n) is 6.66. The quantitative estimate of drug-likeness (QED) is 0.824. The van der Waals surface area contributed by atoms with Gasteiger partial charge in [0.05, 0.1) is 0 Å². The third-order valence-corrected chi connectivity index (χ3v) is 6.66. The van der Waals surface area contributed by atoms with E-state index in [4.69, 9.17) is 0 Å². The lowest BCUT2D eigenvalue weighted by atomic mass is 9.96. The number of amides is 1. The van der Waals surface area contributed by atoms with Crippen LogP contribution in [0, 0.1) is 11.8 Å². The first-order chi connectivity index (χ1) is 13.8. The van der Waals surface area contributed by atoms with Gasteiger partial charge in [0.25, 0.3) is 0 Å². The number of fused-ring (bicyclic) bond motifs is 2. The number of anilines is 1. The molecule has 4 nitrogen and oxygen atoms in total. The van der Waals surface area contributed by atoms with Gasteiger partial charge >= 0.3 is 0 Å². The molecule has 144 valence electrons. The van der Waals surface area contributed by atoms with Crippen molar-refractivity contribution in [2.75, 3.05) is 25.0 Å². The first-order valence-corrected chi connectivity index (χ1v) is 10.5. The minimum absolute atomic E-state index is 0.140. The molecule has 1 aliphatic carbocycles. The highest BCUT2D eigenvalue weighted by Crippen LogP contribution is 2.46. The summed E-state index contributed by atoms with van der Waals surface area (Å²) in [5, 5.41) is 3.33. The maximum absolute atomic E-state index is 12.7. The number of aryl methyl sites for hydroxylation is 1. The minimum atomic E-state index is 0.140. The van der Waals surface area contributed by atoms with E-state index < -0.39 is 0 Å². The first kappa shape index (κ1) is 17.5. The highest BCUT2D eigenvalue weighted by Gasteiger charge is 2.42. The molecule has 28 heavy (non-hydrogen) atoms. The van der Waals surface area contributed by atoms with Crippen molar-refractivity contribution < 1.29 is 4.79 Å². The Kier molecular flexibility index (Phi) is 4.63. The number of nitrogens with zero attached hydrogens (tertiary/aromatic N) is 2. The van der Waals surface area contributed by atoms with Crippen LogP contribution in [-0.4, -0.2) is 35.4 Å². The topological polar surface area (TPSA) is 45.2 Å². The van der Waals surface area contributed by atoms with Gasteiger partial charge in [0.15, 0.2) is 0 Å². The molecule has 4 heteroatoms. The van der Waals surface area contributed by atoms with Crippen molar-refractivity contribution in [3.63, 3.8) is 0 Å². The summed E-state index contributed by atoms with van der Waals surface area (Å²) in [5.41, 5.74) is 3.73. The monoisotopic (exact) mass is 373 g/mol. The smallest absolute Gasteiger partial charge is 0.246 e. The van der Waals surface area contributed by atoms with E-state index in [1.807, 2.05) is 17.2 Å². The van der Waals surface area contributed by atoms with Gasteiger partial charge in [-0.05, 0) is 72.3 Å². The number of nitrogens with one attached hydrogen (secondary N) is 1. The van der Waals surface area contributed by atoms with Gasteiger partial charge < -0.3 is 10.2 Å². The van der Waals surface area contributed by atoms with E-state index in [0.29, 0.717) is 17.8 Å². The molecule has 1 N–H and O–H groups in total. The van der Waals surface area contributed by atoms with Gasteiger partial charge in [0.2, 0.25) is 5.91 Å². The number of likely N-dealkylation sites (tertiary alicyclic amines) is 1. The van der Waals surface area contributed by atoms with Crippen LogP contribution in [0.1, 0.15) is 41.9 Å². The molecule has 2 aromatic rings. The van der Waals surface area contributed by atoms with Crippen molar-refractivity contribution in [3.05, 3.63) is 65.4 Å². The molecule has 1 aromatic heterocycles. The van der Waals surface area contributed by atoms with E-state index >= 15 is 0 Å². The third kappa shape index (κ3) is 3.44. The molecule has 2 atom stereocenters. The predicted octanol–water partition coefficient (Wildman–Crippen LogP) is 4.11. The van der Waals surface area contributed by atoms with Gasteiger partial charge in [-0.2, -0.15) is 0 Å². The highest BCUT2D eigenvalue weighted by atomic mass is 16.2. The summed E-state index contributed by atoms with van der Waals surface area (Å²) in [6, 6.07) is 13.0. The van der Waals surface area contributed by atoms with E-state index in [-0.39, 0.29) is 5.91 Å². The molecule has 3 heterocycles. The Morgan fingerprint density at radius 3 is 2.71 bits per heavy atom. The lowest BCUT2D eigenvalue weighted by molar-refractivity contribution is -0.125. The summed E-state index contributed by atoms with van der Waals surface area (Å²) in [7, 11) is 0. The number of carbonyl (C=O) groups is 1. The van der Waals surface area contributed by atoms with Crippen molar-refractivity contribution in [2.24, 2.45) is 11.8 Å². The van der Waals surface area contributed by atoms with E-state index in [0.717, 1.165) is 43.9 Å². The zero-order valence-corrected chi connectivity index (χ0v) is 16.2. The molecule has 1 amide bonds. The molecule has 5 rings (SSSR count). The van der Waals surface area contributed by atoms with Crippen molar-refractivity contribution in [1.29, 1.82) is 0 Å². The molecule has 2 aliphatic heterocycles. The predicted molar refractivity (Wildman–Crippen MR) is 112 cm³/mol. The zero-order chi connectivity index (χ0) is 18.9. The molecule has 1 saturated heterocycles. The number of carbonyl (C=O) groups excluding carboxylic acids is 1. The van der Waals surface area contributed by atoms with Crippen LogP contribution in [0.15, 0.2) is 48.7 Å². The zero-order valence-electron chi connectivity index (χ0n) is 16.2. The largest absolute Gasteiger partial charge is 0.370 e. The normalized spacial score (nSPS) is 26.1. The summed E-state index contributed by atoms with van der Waals surface area (Å²) in [5.74, 6) is 3.11. The van der Waals surface area contributed by atoms with Crippen LogP contribution in [0.3, 0.4) is 0 Å². The van der Waals surface area contributed by atoms with Crippen LogP contribution in [-0.2, 0) is 11.2 Å². The molecule has 1 saturated carbocycles. The summed E-state index contributed by atoms with van der Waals surface area (Å²) in [6.45, 7) is 2.81. The second-order valence-corrected chi connectivity index (χ2v) is 8.48.